The van der Waals surface area contributed by atoms with Crippen molar-refractivity contribution in [3.63, 3.8) is 0 Å². The standard InChI is InChI=1S/C14H12N4O4S/c1-6-3-9(18-22-6)13(20)17-14-16-10(5-23-14)8-4-11(12(15)19)21-7(8)2/h3-5H,1-2H3,(H2,15,19)(H,16,17,20). The molecular weight excluding hydrogens is 320 g/mol. The highest BCUT2D eigenvalue weighted by Gasteiger charge is 2.17. The lowest BCUT2D eigenvalue weighted by molar-refractivity contribution is 0.0971. The monoisotopic (exact) mass is 332 g/mol. The maximum atomic E-state index is 12.0. The molecule has 9 heteroatoms. The zero-order chi connectivity index (χ0) is 16.6. The van der Waals surface area contributed by atoms with Crippen LogP contribution < -0.4 is 11.1 Å². The van der Waals surface area contributed by atoms with E-state index in [1.54, 1.807) is 19.2 Å². The summed E-state index contributed by atoms with van der Waals surface area (Å²) in [6.07, 6.45) is 0. The number of aryl methyl sites for hydroxylation is 2. The van der Waals surface area contributed by atoms with Crippen LogP contribution in [0.3, 0.4) is 0 Å². The smallest absolute Gasteiger partial charge is 0.284 e. The molecule has 2 amide bonds. The normalized spacial score (nSPS) is 10.7. The van der Waals surface area contributed by atoms with Crippen LogP contribution in [0.5, 0.6) is 0 Å². The molecule has 8 nitrogen and oxygen atoms in total. The predicted octanol–water partition coefficient (Wildman–Crippen LogP) is 2.36. The van der Waals surface area contributed by atoms with Crippen LogP contribution in [0.4, 0.5) is 5.13 Å². The van der Waals surface area contributed by atoms with Gasteiger partial charge in [0.05, 0.1) is 5.69 Å². The van der Waals surface area contributed by atoms with Gasteiger partial charge < -0.3 is 14.7 Å². The summed E-state index contributed by atoms with van der Waals surface area (Å²) in [4.78, 5) is 27.4. The fourth-order valence-electron chi connectivity index (χ4n) is 1.95. The molecule has 0 fully saturated rings. The minimum absolute atomic E-state index is 0.0640. The number of hydrogen-bond donors (Lipinski definition) is 2. The van der Waals surface area contributed by atoms with Gasteiger partial charge in [0.15, 0.2) is 16.6 Å². The van der Waals surface area contributed by atoms with Crippen molar-refractivity contribution in [2.75, 3.05) is 5.32 Å². The van der Waals surface area contributed by atoms with Crippen LogP contribution in [0.1, 0.15) is 32.6 Å². The first-order chi connectivity index (χ1) is 10.9. The molecule has 0 saturated heterocycles. The zero-order valence-electron chi connectivity index (χ0n) is 12.2. The maximum absolute atomic E-state index is 12.0. The number of nitrogens with zero attached hydrogens (tertiary/aromatic N) is 2. The van der Waals surface area contributed by atoms with Gasteiger partial charge in [-0.2, -0.15) is 0 Å². The van der Waals surface area contributed by atoms with E-state index < -0.39 is 11.8 Å². The molecule has 23 heavy (non-hydrogen) atoms. The van der Waals surface area contributed by atoms with E-state index in [-0.39, 0.29) is 11.5 Å². The van der Waals surface area contributed by atoms with E-state index in [1.165, 1.54) is 23.5 Å². The molecule has 0 saturated carbocycles. The number of nitrogens with two attached hydrogens (primary N) is 1. The van der Waals surface area contributed by atoms with Crippen LogP contribution in [0.2, 0.25) is 0 Å². The lowest BCUT2D eigenvalue weighted by atomic mass is 10.2. The maximum Gasteiger partial charge on any atom is 0.284 e. The molecular formula is C14H12N4O4S. The third-order valence-corrected chi connectivity index (χ3v) is 3.78. The van der Waals surface area contributed by atoms with Crippen LogP contribution in [-0.2, 0) is 0 Å². The van der Waals surface area contributed by atoms with Crippen molar-refractivity contribution in [1.29, 1.82) is 0 Å². The number of aromatic nitrogens is 2. The molecule has 0 aliphatic carbocycles. The van der Waals surface area contributed by atoms with Crippen LogP contribution >= 0.6 is 11.3 Å². The molecule has 0 aliphatic heterocycles. The summed E-state index contributed by atoms with van der Waals surface area (Å²) in [5.74, 6) is 0.0697. The molecule has 0 bridgehead atoms. The van der Waals surface area contributed by atoms with Crippen molar-refractivity contribution < 1.29 is 18.5 Å². The molecule has 0 atom stereocenters. The Labute approximate surface area is 134 Å². The van der Waals surface area contributed by atoms with Crippen molar-refractivity contribution in [2.45, 2.75) is 13.8 Å². The number of amides is 2. The summed E-state index contributed by atoms with van der Waals surface area (Å²) in [5.41, 5.74) is 6.59. The van der Waals surface area contributed by atoms with Gasteiger partial charge in [-0.05, 0) is 19.9 Å². The molecule has 3 rings (SSSR count). The molecule has 0 unspecified atom stereocenters. The van der Waals surface area contributed by atoms with Crippen molar-refractivity contribution in [3.05, 3.63) is 40.5 Å². The first-order valence-electron chi connectivity index (χ1n) is 6.55. The molecule has 0 spiro atoms. The summed E-state index contributed by atoms with van der Waals surface area (Å²) in [7, 11) is 0. The summed E-state index contributed by atoms with van der Waals surface area (Å²) < 4.78 is 10.1. The number of primary amides is 1. The van der Waals surface area contributed by atoms with Crippen LogP contribution in [0.15, 0.2) is 26.5 Å². The Balaban J connectivity index is 1.80. The second-order valence-corrected chi connectivity index (χ2v) is 5.62. The quantitative estimate of drug-likeness (QED) is 0.755. The third kappa shape index (κ3) is 2.99. The number of furan rings is 1. The predicted molar refractivity (Wildman–Crippen MR) is 82.3 cm³/mol. The molecule has 118 valence electrons. The first-order valence-corrected chi connectivity index (χ1v) is 7.43. The fourth-order valence-corrected chi connectivity index (χ4v) is 2.65. The summed E-state index contributed by atoms with van der Waals surface area (Å²) >= 11 is 1.24. The van der Waals surface area contributed by atoms with Crippen molar-refractivity contribution in [3.8, 4) is 11.3 Å². The number of rotatable bonds is 4. The molecule has 0 aromatic carbocycles. The van der Waals surface area contributed by atoms with Crippen molar-refractivity contribution in [2.24, 2.45) is 5.73 Å². The second-order valence-electron chi connectivity index (χ2n) is 4.76. The average Bonchev–Trinajstić information content (AvgIpc) is 3.18. The van der Waals surface area contributed by atoms with E-state index in [2.05, 4.69) is 15.5 Å². The van der Waals surface area contributed by atoms with Crippen LogP contribution in [0.25, 0.3) is 11.3 Å². The first kappa shape index (κ1) is 15.0. The van der Waals surface area contributed by atoms with Gasteiger partial charge in [0.25, 0.3) is 11.8 Å². The van der Waals surface area contributed by atoms with Gasteiger partial charge in [0, 0.05) is 17.0 Å². The highest BCUT2D eigenvalue weighted by Crippen LogP contribution is 2.29. The van der Waals surface area contributed by atoms with Crippen LogP contribution in [-0.4, -0.2) is 22.0 Å². The molecule has 0 radical (unpaired) electrons. The Bertz CT molecular complexity index is 892. The van der Waals surface area contributed by atoms with E-state index in [1.807, 2.05) is 0 Å². The lowest BCUT2D eigenvalue weighted by Crippen LogP contribution is -2.11. The number of hydrogen-bond acceptors (Lipinski definition) is 7. The van der Waals surface area contributed by atoms with Gasteiger partial charge >= 0.3 is 0 Å². The van der Waals surface area contributed by atoms with Gasteiger partial charge in [-0.1, -0.05) is 5.16 Å². The Morgan fingerprint density at radius 2 is 2.09 bits per heavy atom. The van der Waals surface area contributed by atoms with E-state index >= 15 is 0 Å². The summed E-state index contributed by atoms with van der Waals surface area (Å²) in [6.45, 7) is 3.40. The highest BCUT2D eigenvalue weighted by molar-refractivity contribution is 7.14. The van der Waals surface area contributed by atoms with E-state index in [0.29, 0.717) is 27.9 Å². The number of carbonyl (C=O) groups is 2. The van der Waals surface area contributed by atoms with Gasteiger partial charge in [-0.15, -0.1) is 11.3 Å². The lowest BCUT2D eigenvalue weighted by Gasteiger charge is -1.96. The van der Waals surface area contributed by atoms with Gasteiger partial charge in [-0.3, -0.25) is 14.9 Å². The largest absolute Gasteiger partial charge is 0.456 e. The average molecular weight is 332 g/mol. The SMILES string of the molecule is Cc1cc(C(=O)Nc2nc(-c3cc(C(N)=O)oc3C)cs2)no1. The van der Waals surface area contributed by atoms with Crippen molar-refractivity contribution >= 4 is 28.3 Å². The number of thiazole rings is 1. The van der Waals surface area contributed by atoms with E-state index in [9.17, 15) is 9.59 Å². The Morgan fingerprint density at radius 3 is 2.70 bits per heavy atom. The highest BCUT2D eigenvalue weighted by atomic mass is 32.1. The van der Waals surface area contributed by atoms with Gasteiger partial charge in [0.2, 0.25) is 0 Å². The fraction of sp³-hybridized carbons (Fsp3) is 0.143. The minimum atomic E-state index is -0.649. The van der Waals surface area contributed by atoms with Crippen molar-refractivity contribution in [1.82, 2.24) is 10.1 Å². The third-order valence-electron chi connectivity index (χ3n) is 3.02. The second kappa shape index (κ2) is 5.69. The molecule has 3 aromatic heterocycles. The summed E-state index contributed by atoms with van der Waals surface area (Å²) in [6, 6.07) is 3.06. The summed E-state index contributed by atoms with van der Waals surface area (Å²) in [5, 5.41) is 8.41. The molecule has 3 N–H and O–H groups in total. The van der Waals surface area contributed by atoms with E-state index in [4.69, 9.17) is 14.7 Å². The molecule has 0 aliphatic rings. The van der Waals surface area contributed by atoms with Gasteiger partial charge in [-0.25, -0.2) is 4.98 Å². The topological polar surface area (TPSA) is 124 Å². The molecule has 3 aromatic rings. The van der Waals surface area contributed by atoms with Crippen LogP contribution in [0, 0.1) is 13.8 Å². The number of carbonyl (C=O) groups excluding carboxylic acids is 2. The number of anilines is 1. The van der Waals surface area contributed by atoms with E-state index in [0.717, 1.165) is 0 Å². The minimum Gasteiger partial charge on any atom is -0.456 e. The Hall–Kier alpha value is -2.94. The zero-order valence-corrected chi connectivity index (χ0v) is 13.1. The Morgan fingerprint density at radius 1 is 1.30 bits per heavy atom. The molecule has 3 heterocycles. The Kier molecular flexibility index (Phi) is 3.70. The van der Waals surface area contributed by atoms with Gasteiger partial charge in [0.1, 0.15) is 11.5 Å². The number of nitrogens with one attached hydrogen (secondary N) is 1.